The first-order valence-electron chi connectivity index (χ1n) is 7.42. The van der Waals surface area contributed by atoms with Gasteiger partial charge in [0, 0.05) is 31.7 Å². The van der Waals surface area contributed by atoms with E-state index in [2.05, 4.69) is 18.7 Å². The van der Waals surface area contributed by atoms with Crippen LogP contribution in [0.5, 0.6) is 0 Å². The lowest BCUT2D eigenvalue weighted by molar-refractivity contribution is -0.131. The second kappa shape index (κ2) is 6.29. The summed E-state index contributed by atoms with van der Waals surface area (Å²) >= 11 is 1.36. The molecule has 1 aliphatic heterocycles. The molecule has 108 valence electrons. The number of likely N-dealkylation sites (tertiary alicyclic amines) is 1. The highest BCUT2D eigenvalue weighted by molar-refractivity contribution is 8.13. The number of rotatable bonds is 3. The SMILES string of the molecule is CC(=O)SCC1CC(=O)N(C2CCCC(C)C2C)C1. The van der Waals surface area contributed by atoms with Crippen LogP contribution in [-0.2, 0) is 9.59 Å². The first kappa shape index (κ1) is 14.9. The molecule has 1 saturated heterocycles. The summed E-state index contributed by atoms with van der Waals surface area (Å²) in [5.41, 5.74) is 0. The molecule has 2 aliphatic rings. The summed E-state index contributed by atoms with van der Waals surface area (Å²) in [5, 5.41) is 0.158. The van der Waals surface area contributed by atoms with Crippen LogP contribution in [0.15, 0.2) is 0 Å². The molecule has 1 saturated carbocycles. The molecular formula is C15H25NO2S. The molecule has 1 aliphatic carbocycles. The highest BCUT2D eigenvalue weighted by Crippen LogP contribution is 2.36. The Morgan fingerprint density at radius 3 is 2.79 bits per heavy atom. The Morgan fingerprint density at radius 2 is 2.11 bits per heavy atom. The summed E-state index contributed by atoms with van der Waals surface area (Å²) < 4.78 is 0. The monoisotopic (exact) mass is 283 g/mol. The van der Waals surface area contributed by atoms with E-state index >= 15 is 0 Å². The number of carbonyl (C=O) groups is 2. The minimum atomic E-state index is 0.158. The minimum absolute atomic E-state index is 0.158. The Labute approximate surface area is 120 Å². The highest BCUT2D eigenvalue weighted by Gasteiger charge is 2.39. The number of thioether (sulfide) groups is 1. The molecule has 4 unspecified atom stereocenters. The van der Waals surface area contributed by atoms with Gasteiger partial charge in [-0.05, 0) is 24.2 Å². The van der Waals surface area contributed by atoms with E-state index in [9.17, 15) is 9.59 Å². The molecular weight excluding hydrogens is 258 g/mol. The molecule has 4 atom stereocenters. The van der Waals surface area contributed by atoms with E-state index in [-0.39, 0.29) is 5.12 Å². The van der Waals surface area contributed by atoms with Crippen LogP contribution < -0.4 is 0 Å². The van der Waals surface area contributed by atoms with Crippen LogP contribution in [0.1, 0.15) is 46.5 Å². The molecule has 1 heterocycles. The number of nitrogens with zero attached hydrogens (tertiary/aromatic N) is 1. The highest BCUT2D eigenvalue weighted by atomic mass is 32.2. The minimum Gasteiger partial charge on any atom is -0.339 e. The van der Waals surface area contributed by atoms with Crippen LogP contribution in [0.3, 0.4) is 0 Å². The van der Waals surface area contributed by atoms with Crippen LogP contribution >= 0.6 is 11.8 Å². The van der Waals surface area contributed by atoms with Crippen molar-refractivity contribution in [1.82, 2.24) is 4.90 Å². The van der Waals surface area contributed by atoms with Crippen LogP contribution in [0.2, 0.25) is 0 Å². The van der Waals surface area contributed by atoms with Crippen molar-refractivity contribution in [2.45, 2.75) is 52.5 Å². The van der Waals surface area contributed by atoms with Crippen LogP contribution in [-0.4, -0.2) is 34.3 Å². The zero-order chi connectivity index (χ0) is 14.0. The van der Waals surface area contributed by atoms with Crippen molar-refractivity contribution in [3.63, 3.8) is 0 Å². The Bertz CT molecular complexity index is 358. The van der Waals surface area contributed by atoms with E-state index in [1.54, 1.807) is 6.92 Å². The molecule has 19 heavy (non-hydrogen) atoms. The summed E-state index contributed by atoms with van der Waals surface area (Å²) in [4.78, 5) is 25.4. The summed E-state index contributed by atoms with van der Waals surface area (Å²) in [6.07, 6.45) is 4.33. The third-order valence-corrected chi connectivity index (χ3v) is 5.87. The molecule has 4 heteroatoms. The van der Waals surface area contributed by atoms with E-state index in [1.165, 1.54) is 24.6 Å². The predicted octanol–water partition coefficient (Wildman–Crippen LogP) is 2.94. The van der Waals surface area contributed by atoms with E-state index in [4.69, 9.17) is 0 Å². The molecule has 0 aromatic rings. The summed E-state index contributed by atoms with van der Waals surface area (Å²) in [6, 6.07) is 0.434. The molecule has 0 N–H and O–H groups in total. The van der Waals surface area contributed by atoms with Gasteiger partial charge in [0.1, 0.15) is 0 Å². The molecule has 0 bridgehead atoms. The van der Waals surface area contributed by atoms with Gasteiger partial charge >= 0.3 is 0 Å². The first-order valence-corrected chi connectivity index (χ1v) is 8.40. The summed E-state index contributed by atoms with van der Waals surface area (Å²) in [5.74, 6) is 2.80. The molecule has 2 rings (SSSR count). The van der Waals surface area contributed by atoms with Gasteiger partial charge in [-0.25, -0.2) is 0 Å². The molecule has 0 spiro atoms. The van der Waals surface area contributed by atoms with Crippen molar-refractivity contribution < 1.29 is 9.59 Å². The maximum atomic E-state index is 12.2. The summed E-state index contributed by atoms with van der Waals surface area (Å²) in [7, 11) is 0. The first-order chi connectivity index (χ1) is 8.99. The normalized spacial score (nSPS) is 35.7. The number of carbonyl (C=O) groups excluding carboxylic acids is 2. The quantitative estimate of drug-likeness (QED) is 0.799. The van der Waals surface area contributed by atoms with Gasteiger partial charge in [-0.2, -0.15) is 0 Å². The van der Waals surface area contributed by atoms with Crippen molar-refractivity contribution in [2.75, 3.05) is 12.3 Å². The van der Waals surface area contributed by atoms with Gasteiger partial charge in [0.25, 0.3) is 0 Å². The lowest BCUT2D eigenvalue weighted by atomic mass is 9.77. The number of hydrogen-bond donors (Lipinski definition) is 0. The van der Waals surface area contributed by atoms with E-state index in [1.807, 2.05) is 0 Å². The molecule has 1 amide bonds. The second-order valence-electron chi connectivity index (χ2n) is 6.25. The second-order valence-corrected chi connectivity index (χ2v) is 7.45. The van der Waals surface area contributed by atoms with Gasteiger partial charge in [-0.15, -0.1) is 0 Å². The molecule has 0 aromatic carbocycles. The van der Waals surface area contributed by atoms with Crippen molar-refractivity contribution in [2.24, 2.45) is 17.8 Å². The van der Waals surface area contributed by atoms with Gasteiger partial charge < -0.3 is 4.90 Å². The van der Waals surface area contributed by atoms with Crippen LogP contribution in [0.4, 0.5) is 0 Å². The van der Waals surface area contributed by atoms with Crippen molar-refractivity contribution in [3.8, 4) is 0 Å². The molecule has 0 radical (unpaired) electrons. The lowest BCUT2D eigenvalue weighted by Crippen LogP contribution is -2.45. The van der Waals surface area contributed by atoms with Gasteiger partial charge in [0.15, 0.2) is 5.12 Å². The topological polar surface area (TPSA) is 37.4 Å². The number of amides is 1. The molecule has 0 aromatic heterocycles. The Kier molecular flexibility index (Phi) is 4.93. The largest absolute Gasteiger partial charge is 0.339 e. The zero-order valence-electron chi connectivity index (χ0n) is 12.2. The zero-order valence-corrected chi connectivity index (χ0v) is 13.0. The average Bonchev–Trinajstić information content (AvgIpc) is 2.71. The van der Waals surface area contributed by atoms with Crippen LogP contribution in [0.25, 0.3) is 0 Å². The third kappa shape index (κ3) is 3.53. The smallest absolute Gasteiger partial charge is 0.223 e. The van der Waals surface area contributed by atoms with E-state index in [0.717, 1.165) is 24.6 Å². The van der Waals surface area contributed by atoms with Gasteiger partial charge in [0.05, 0.1) is 0 Å². The summed E-state index contributed by atoms with van der Waals surface area (Å²) in [6.45, 7) is 7.06. The Morgan fingerprint density at radius 1 is 1.37 bits per heavy atom. The third-order valence-electron chi connectivity index (χ3n) is 4.83. The van der Waals surface area contributed by atoms with Crippen molar-refractivity contribution in [3.05, 3.63) is 0 Å². The van der Waals surface area contributed by atoms with Gasteiger partial charge in [0.2, 0.25) is 5.91 Å². The standard InChI is InChI=1S/C15H25NO2S/c1-10-5-4-6-14(11(10)2)16-8-13(7-15(16)18)9-19-12(3)17/h10-11,13-14H,4-9H2,1-3H3. The number of hydrogen-bond acceptors (Lipinski definition) is 3. The fraction of sp³-hybridized carbons (Fsp3) is 0.867. The van der Waals surface area contributed by atoms with Crippen LogP contribution in [0, 0.1) is 17.8 Å². The fourth-order valence-electron chi connectivity index (χ4n) is 3.47. The van der Waals surface area contributed by atoms with Gasteiger partial charge in [-0.1, -0.05) is 38.5 Å². The van der Waals surface area contributed by atoms with Crippen molar-refractivity contribution in [1.29, 1.82) is 0 Å². The Balaban J connectivity index is 1.93. The molecule has 2 fully saturated rings. The lowest BCUT2D eigenvalue weighted by Gasteiger charge is -2.40. The van der Waals surface area contributed by atoms with E-state index < -0.39 is 0 Å². The maximum Gasteiger partial charge on any atom is 0.223 e. The predicted molar refractivity (Wildman–Crippen MR) is 78.9 cm³/mol. The Hall–Kier alpha value is -0.510. The fourth-order valence-corrected chi connectivity index (χ4v) is 4.16. The van der Waals surface area contributed by atoms with Crippen molar-refractivity contribution >= 4 is 22.8 Å². The van der Waals surface area contributed by atoms with Gasteiger partial charge in [-0.3, -0.25) is 9.59 Å². The average molecular weight is 283 g/mol. The molecule has 3 nitrogen and oxygen atoms in total. The van der Waals surface area contributed by atoms with E-state index in [0.29, 0.717) is 30.2 Å². The maximum absolute atomic E-state index is 12.2.